The van der Waals surface area contributed by atoms with Crippen molar-refractivity contribution in [3.8, 4) is 0 Å². The largest absolute Gasteiger partial charge is 0.349 e. The summed E-state index contributed by atoms with van der Waals surface area (Å²) in [6.45, 7) is 0. The van der Waals surface area contributed by atoms with Crippen LogP contribution in [0.3, 0.4) is 0 Å². The minimum atomic E-state index is -0.517. The van der Waals surface area contributed by atoms with Gasteiger partial charge in [-0.1, -0.05) is 35.9 Å². The fourth-order valence-electron chi connectivity index (χ4n) is 2.57. The Hall–Kier alpha value is -1.87. The molecule has 0 bridgehead atoms. The third-order valence-corrected chi connectivity index (χ3v) is 3.86. The first kappa shape index (κ1) is 13.1. The van der Waals surface area contributed by atoms with Gasteiger partial charge in [0.25, 0.3) is 5.91 Å². The molecule has 2 aromatic rings. The van der Waals surface area contributed by atoms with Gasteiger partial charge in [0.15, 0.2) is 0 Å². The number of fused-ring (bicyclic) bond motifs is 1. The summed E-state index contributed by atoms with van der Waals surface area (Å²) in [5.74, 6) is -0.735. The van der Waals surface area contributed by atoms with E-state index in [0.29, 0.717) is 5.56 Å². The van der Waals surface area contributed by atoms with Gasteiger partial charge in [-0.3, -0.25) is 4.79 Å². The molecule has 102 valence electrons. The molecule has 0 heterocycles. The van der Waals surface area contributed by atoms with E-state index in [1.807, 2.05) is 12.1 Å². The number of rotatable bonds is 2. The van der Waals surface area contributed by atoms with Crippen molar-refractivity contribution in [2.75, 3.05) is 0 Å². The van der Waals surface area contributed by atoms with Crippen molar-refractivity contribution >= 4 is 17.5 Å². The van der Waals surface area contributed by atoms with E-state index in [-0.39, 0.29) is 17.0 Å². The van der Waals surface area contributed by atoms with Gasteiger partial charge in [-0.2, -0.15) is 0 Å². The van der Waals surface area contributed by atoms with Crippen LogP contribution in [0.15, 0.2) is 42.5 Å². The molecule has 1 aliphatic carbocycles. The first-order valence-corrected chi connectivity index (χ1v) is 6.84. The summed E-state index contributed by atoms with van der Waals surface area (Å²) >= 11 is 5.69. The van der Waals surface area contributed by atoms with Crippen molar-refractivity contribution < 1.29 is 9.18 Å². The second-order valence-corrected chi connectivity index (χ2v) is 5.38. The van der Waals surface area contributed by atoms with E-state index in [0.717, 1.165) is 12.8 Å². The Bertz CT molecular complexity index is 646. The minimum Gasteiger partial charge on any atom is -0.349 e. The quantitative estimate of drug-likeness (QED) is 0.902. The van der Waals surface area contributed by atoms with Crippen molar-refractivity contribution in [1.29, 1.82) is 0 Å². The zero-order valence-electron chi connectivity index (χ0n) is 10.7. The van der Waals surface area contributed by atoms with Gasteiger partial charge in [0.2, 0.25) is 0 Å². The fourth-order valence-corrected chi connectivity index (χ4v) is 2.75. The molecule has 0 saturated heterocycles. The number of benzene rings is 2. The molecule has 0 spiro atoms. The summed E-state index contributed by atoms with van der Waals surface area (Å²) < 4.78 is 13.1. The second kappa shape index (κ2) is 5.25. The molecule has 0 aliphatic heterocycles. The molecule has 4 heteroatoms. The Kier molecular flexibility index (Phi) is 3.45. The number of halogens is 2. The Morgan fingerprint density at radius 2 is 1.80 bits per heavy atom. The van der Waals surface area contributed by atoms with E-state index in [9.17, 15) is 9.18 Å². The standard InChI is InChI=1S/C16H13ClFNO/c17-14-9-12(5-6-15(14)18)16(20)19-13-7-10-3-1-2-4-11(10)8-13/h1-6,9,13H,7-8H2,(H,19,20). The maximum Gasteiger partial charge on any atom is 0.251 e. The van der Waals surface area contributed by atoms with E-state index in [4.69, 9.17) is 11.6 Å². The van der Waals surface area contributed by atoms with E-state index < -0.39 is 5.82 Å². The van der Waals surface area contributed by atoms with Crippen molar-refractivity contribution in [3.63, 3.8) is 0 Å². The van der Waals surface area contributed by atoms with Crippen LogP contribution in [0, 0.1) is 5.82 Å². The van der Waals surface area contributed by atoms with Crippen LogP contribution < -0.4 is 5.32 Å². The van der Waals surface area contributed by atoms with E-state index in [1.54, 1.807) is 0 Å². The van der Waals surface area contributed by atoms with E-state index in [1.165, 1.54) is 29.3 Å². The maximum atomic E-state index is 13.1. The molecule has 1 amide bonds. The van der Waals surface area contributed by atoms with Crippen molar-refractivity contribution in [2.24, 2.45) is 0 Å². The topological polar surface area (TPSA) is 29.1 Å². The van der Waals surface area contributed by atoms with Gasteiger partial charge < -0.3 is 5.32 Å². The van der Waals surface area contributed by atoms with Gasteiger partial charge in [0.1, 0.15) is 5.82 Å². The first-order valence-electron chi connectivity index (χ1n) is 6.46. The van der Waals surface area contributed by atoms with Gasteiger partial charge in [0.05, 0.1) is 5.02 Å². The van der Waals surface area contributed by atoms with Crippen LogP contribution in [0.1, 0.15) is 21.5 Å². The molecule has 2 aromatic carbocycles. The lowest BCUT2D eigenvalue weighted by atomic mass is 10.1. The highest BCUT2D eigenvalue weighted by Crippen LogP contribution is 2.22. The number of amides is 1. The van der Waals surface area contributed by atoms with Crippen LogP contribution in [0.2, 0.25) is 5.02 Å². The molecule has 0 radical (unpaired) electrons. The zero-order chi connectivity index (χ0) is 14.1. The highest BCUT2D eigenvalue weighted by Gasteiger charge is 2.22. The Labute approximate surface area is 121 Å². The van der Waals surface area contributed by atoms with Crippen molar-refractivity contribution in [1.82, 2.24) is 5.32 Å². The number of carbonyl (C=O) groups excluding carboxylic acids is 1. The average molecular weight is 290 g/mol. The normalized spacial score (nSPS) is 14.1. The van der Waals surface area contributed by atoms with Gasteiger partial charge in [-0.05, 0) is 42.2 Å². The van der Waals surface area contributed by atoms with E-state index >= 15 is 0 Å². The average Bonchev–Trinajstić information content (AvgIpc) is 2.83. The van der Waals surface area contributed by atoms with Crippen LogP contribution in [0.5, 0.6) is 0 Å². The summed E-state index contributed by atoms with van der Waals surface area (Å²) in [7, 11) is 0. The van der Waals surface area contributed by atoms with Crippen molar-refractivity contribution in [3.05, 3.63) is 70.0 Å². The number of hydrogen-bond acceptors (Lipinski definition) is 1. The smallest absolute Gasteiger partial charge is 0.251 e. The van der Waals surface area contributed by atoms with Gasteiger partial charge in [-0.25, -0.2) is 4.39 Å². The first-order chi connectivity index (χ1) is 9.63. The molecule has 2 nitrogen and oxygen atoms in total. The molecular formula is C16H13ClFNO. The highest BCUT2D eigenvalue weighted by atomic mass is 35.5. The lowest BCUT2D eigenvalue weighted by Crippen LogP contribution is -2.35. The fraction of sp³-hybridized carbons (Fsp3) is 0.188. The molecule has 1 N–H and O–H groups in total. The zero-order valence-corrected chi connectivity index (χ0v) is 11.5. The molecule has 3 rings (SSSR count). The molecule has 0 aromatic heterocycles. The number of carbonyl (C=O) groups is 1. The monoisotopic (exact) mass is 289 g/mol. The molecule has 0 saturated carbocycles. The van der Waals surface area contributed by atoms with Gasteiger partial charge >= 0.3 is 0 Å². The lowest BCUT2D eigenvalue weighted by Gasteiger charge is -2.12. The van der Waals surface area contributed by atoms with Crippen LogP contribution in [0.4, 0.5) is 4.39 Å². The molecule has 0 atom stereocenters. The SMILES string of the molecule is O=C(NC1Cc2ccccc2C1)c1ccc(F)c(Cl)c1. The van der Waals surface area contributed by atoms with Crippen LogP contribution in [0.25, 0.3) is 0 Å². The minimum absolute atomic E-state index is 0.0349. The maximum absolute atomic E-state index is 13.1. The highest BCUT2D eigenvalue weighted by molar-refractivity contribution is 6.31. The third kappa shape index (κ3) is 2.54. The summed E-state index contributed by atoms with van der Waals surface area (Å²) in [6, 6.07) is 12.3. The Balaban J connectivity index is 1.70. The number of nitrogens with one attached hydrogen (secondary N) is 1. The van der Waals surface area contributed by atoms with Crippen molar-refractivity contribution in [2.45, 2.75) is 18.9 Å². The Morgan fingerprint density at radius 1 is 1.15 bits per heavy atom. The predicted octanol–water partition coefficient (Wildman–Crippen LogP) is 3.38. The predicted molar refractivity (Wildman–Crippen MR) is 76.5 cm³/mol. The van der Waals surface area contributed by atoms with E-state index in [2.05, 4.69) is 17.4 Å². The van der Waals surface area contributed by atoms with Crippen LogP contribution in [-0.2, 0) is 12.8 Å². The summed E-state index contributed by atoms with van der Waals surface area (Å²) in [5.41, 5.74) is 2.93. The van der Waals surface area contributed by atoms with Crippen LogP contribution >= 0.6 is 11.6 Å². The van der Waals surface area contributed by atoms with Gasteiger partial charge in [-0.15, -0.1) is 0 Å². The Morgan fingerprint density at radius 3 is 2.40 bits per heavy atom. The molecule has 0 unspecified atom stereocenters. The second-order valence-electron chi connectivity index (χ2n) is 4.98. The summed E-state index contributed by atoms with van der Waals surface area (Å²) in [5, 5.41) is 2.93. The lowest BCUT2D eigenvalue weighted by molar-refractivity contribution is 0.0938. The number of hydrogen-bond donors (Lipinski definition) is 1. The van der Waals surface area contributed by atoms with Crippen LogP contribution in [-0.4, -0.2) is 11.9 Å². The molecule has 0 fully saturated rings. The molecule has 20 heavy (non-hydrogen) atoms. The molecular weight excluding hydrogens is 277 g/mol. The third-order valence-electron chi connectivity index (χ3n) is 3.57. The summed E-state index contributed by atoms with van der Waals surface area (Å²) in [4.78, 5) is 12.1. The molecule has 1 aliphatic rings. The van der Waals surface area contributed by atoms with Gasteiger partial charge in [0, 0.05) is 11.6 Å². The summed E-state index contributed by atoms with van der Waals surface area (Å²) in [6.07, 6.45) is 1.66.